The summed E-state index contributed by atoms with van der Waals surface area (Å²) in [5.41, 5.74) is 6.95. The van der Waals surface area contributed by atoms with Crippen LogP contribution in [0.3, 0.4) is 0 Å². The second-order valence-corrected chi connectivity index (χ2v) is 14.6. The van der Waals surface area contributed by atoms with Gasteiger partial charge in [-0.2, -0.15) is 9.97 Å². The molecule has 1 unspecified atom stereocenters. The van der Waals surface area contributed by atoms with Crippen LogP contribution in [0.25, 0.3) is 98.3 Å². The molecule has 5 heteroatoms. The summed E-state index contributed by atoms with van der Waals surface area (Å²) < 4.78 is 5.04. The van der Waals surface area contributed by atoms with Crippen LogP contribution in [0.15, 0.2) is 140 Å². The van der Waals surface area contributed by atoms with Gasteiger partial charge in [0.15, 0.2) is 11.6 Å². The van der Waals surface area contributed by atoms with E-state index < -0.39 is 0 Å². The van der Waals surface area contributed by atoms with E-state index in [1.807, 2.05) is 29.5 Å². The standard InChI is InChI=1S/C46H30N4S/c1-27-13-11-23-36-38(27)42-39(40-34-21-9-10-24-37(34)51-43(36)40)35-26-25-29-15-6-8-20-32(29)41(35)50(42)46-48-44(30-16-3-2-4-17-30)47-45(49-46)33-22-12-18-28-14-5-7-19-31(28)33/h2-12,14-27H,13H2,1H3. The molecule has 0 saturated carbocycles. The third-order valence-electron chi connectivity index (χ3n) is 10.6. The van der Waals surface area contributed by atoms with Crippen LogP contribution in [0.5, 0.6) is 0 Å². The van der Waals surface area contributed by atoms with Crippen LogP contribution in [0.2, 0.25) is 0 Å². The van der Waals surface area contributed by atoms with Gasteiger partial charge in [0.05, 0.1) is 11.0 Å². The normalized spacial score (nSPS) is 14.4. The molecule has 4 nitrogen and oxygen atoms in total. The average Bonchev–Trinajstić information content (AvgIpc) is 3.75. The fourth-order valence-corrected chi connectivity index (χ4v) is 9.63. The van der Waals surface area contributed by atoms with Gasteiger partial charge in [-0.15, -0.1) is 11.3 Å². The number of rotatable bonds is 3. The van der Waals surface area contributed by atoms with E-state index >= 15 is 0 Å². The zero-order chi connectivity index (χ0) is 33.6. The van der Waals surface area contributed by atoms with E-state index in [9.17, 15) is 0 Å². The van der Waals surface area contributed by atoms with Gasteiger partial charge in [0, 0.05) is 47.5 Å². The smallest absolute Gasteiger partial charge is 0.238 e. The maximum Gasteiger partial charge on any atom is 0.238 e. The van der Waals surface area contributed by atoms with Crippen LogP contribution in [-0.2, 0) is 0 Å². The fourth-order valence-electron chi connectivity index (χ4n) is 8.38. The quantitative estimate of drug-likeness (QED) is 0.188. The maximum absolute atomic E-state index is 5.46. The molecule has 1 aliphatic carbocycles. The number of hydrogen-bond acceptors (Lipinski definition) is 4. The third-order valence-corrected chi connectivity index (χ3v) is 11.8. The Balaban J connectivity index is 1.38. The highest BCUT2D eigenvalue weighted by Gasteiger charge is 2.29. The van der Waals surface area contributed by atoms with Gasteiger partial charge in [-0.05, 0) is 45.7 Å². The van der Waals surface area contributed by atoms with Crippen LogP contribution in [0.4, 0.5) is 0 Å². The van der Waals surface area contributed by atoms with Gasteiger partial charge in [0.1, 0.15) is 0 Å². The summed E-state index contributed by atoms with van der Waals surface area (Å²) in [6.45, 7) is 2.37. The Morgan fingerprint density at radius 2 is 1.29 bits per heavy atom. The largest absolute Gasteiger partial charge is 0.277 e. The van der Waals surface area contributed by atoms with Crippen molar-refractivity contribution in [1.29, 1.82) is 0 Å². The van der Waals surface area contributed by atoms with E-state index in [4.69, 9.17) is 15.0 Å². The molecular weight excluding hydrogens is 641 g/mol. The van der Waals surface area contributed by atoms with Gasteiger partial charge in [-0.3, -0.25) is 4.57 Å². The summed E-state index contributed by atoms with van der Waals surface area (Å²) >= 11 is 1.91. The molecule has 0 N–H and O–H groups in total. The first-order valence-corrected chi connectivity index (χ1v) is 18.3. The van der Waals surface area contributed by atoms with Crippen molar-refractivity contribution < 1.29 is 0 Å². The lowest BCUT2D eigenvalue weighted by Crippen LogP contribution is -2.10. The Hall–Kier alpha value is -6.17. The highest BCUT2D eigenvalue weighted by Crippen LogP contribution is 2.51. The number of thiophene rings is 1. The second kappa shape index (κ2) is 10.9. The number of aromatic nitrogens is 4. The SMILES string of the molecule is CC1CC=Cc2c1c1c(c3ccc4ccccc4c3n1-c1nc(-c3ccccc3)nc(-c3cccc4ccccc34)n1)c1c2sc2ccccc21. The van der Waals surface area contributed by atoms with E-state index in [0.717, 1.165) is 33.8 Å². The average molecular weight is 671 g/mol. The minimum absolute atomic E-state index is 0.310. The molecule has 0 aliphatic heterocycles. The zero-order valence-electron chi connectivity index (χ0n) is 27.8. The number of benzene rings is 7. The van der Waals surface area contributed by atoms with Crippen LogP contribution in [-0.4, -0.2) is 19.5 Å². The predicted octanol–water partition coefficient (Wildman–Crippen LogP) is 12.5. The van der Waals surface area contributed by atoms with Gasteiger partial charge in [0.2, 0.25) is 5.95 Å². The van der Waals surface area contributed by atoms with Crippen molar-refractivity contribution in [3.8, 4) is 28.7 Å². The van der Waals surface area contributed by atoms with Crippen LogP contribution in [0.1, 0.15) is 30.4 Å². The van der Waals surface area contributed by atoms with Crippen LogP contribution in [0, 0.1) is 0 Å². The molecule has 7 aromatic carbocycles. The Bertz CT molecular complexity index is 3070. The van der Waals surface area contributed by atoms with E-state index in [2.05, 4.69) is 139 Å². The van der Waals surface area contributed by atoms with Gasteiger partial charge < -0.3 is 0 Å². The number of allylic oxidation sites excluding steroid dienone is 1. The first kappa shape index (κ1) is 28.6. The third kappa shape index (κ3) is 4.16. The van der Waals surface area contributed by atoms with E-state index in [0.29, 0.717) is 23.5 Å². The monoisotopic (exact) mass is 670 g/mol. The molecule has 51 heavy (non-hydrogen) atoms. The molecule has 3 aromatic heterocycles. The molecule has 240 valence electrons. The van der Waals surface area contributed by atoms with E-state index in [-0.39, 0.29) is 0 Å². The molecule has 0 fully saturated rings. The Morgan fingerprint density at radius 1 is 0.588 bits per heavy atom. The Labute approximate surface area is 298 Å². The van der Waals surface area contributed by atoms with Gasteiger partial charge in [0.25, 0.3) is 0 Å². The van der Waals surface area contributed by atoms with E-state index in [1.54, 1.807) is 0 Å². The minimum Gasteiger partial charge on any atom is -0.277 e. The van der Waals surface area contributed by atoms with E-state index in [1.165, 1.54) is 58.4 Å². The van der Waals surface area contributed by atoms with Crippen molar-refractivity contribution >= 4 is 80.9 Å². The van der Waals surface area contributed by atoms with Crippen LogP contribution >= 0.6 is 11.3 Å². The summed E-state index contributed by atoms with van der Waals surface area (Å²) in [4.78, 5) is 16.0. The Kier molecular flexibility index (Phi) is 6.13. The summed E-state index contributed by atoms with van der Waals surface area (Å²) in [5, 5.41) is 9.74. The summed E-state index contributed by atoms with van der Waals surface area (Å²) in [6, 6.07) is 47.3. The molecule has 10 aromatic rings. The maximum atomic E-state index is 5.46. The van der Waals surface area contributed by atoms with Crippen molar-refractivity contribution in [3.63, 3.8) is 0 Å². The van der Waals surface area contributed by atoms with Gasteiger partial charge in [-0.1, -0.05) is 146 Å². The van der Waals surface area contributed by atoms with Gasteiger partial charge >= 0.3 is 0 Å². The van der Waals surface area contributed by atoms with Crippen LogP contribution < -0.4 is 0 Å². The molecule has 0 spiro atoms. The van der Waals surface area contributed by atoms with Crippen molar-refractivity contribution in [3.05, 3.63) is 151 Å². The number of nitrogens with zero attached hydrogens (tertiary/aromatic N) is 4. The fraction of sp³-hybridized carbons (Fsp3) is 0.0652. The number of hydrogen-bond donors (Lipinski definition) is 0. The summed E-state index contributed by atoms with van der Waals surface area (Å²) in [5.74, 6) is 2.26. The molecule has 11 rings (SSSR count). The van der Waals surface area contributed by atoms with Crippen molar-refractivity contribution in [2.75, 3.05) is 0 Å². The molecule has 3 heterocycles. The van der Waals surface area contributed by atoms with Gasteiger partial charge in [-0.25, -0.2) is 4.98 Å². The molecule has 1 atom stereocenters. The lowest BCUT2D eigenvalue weighted by Gasteiger charge is -2.22. The molecule has 0 bridgehead atoms. The molecule has 0 radical (unpaired) electrons. The first-order valence-electron chi connectivity index (χ1n) is 17.5. The predicted molar refractivity (Wildman–Crippen MR) is 215 cm³/mol. The van der Waals surface area contributed by atoms with Crippen molar-refractivity contribution in [2.24, 2.45) is 0 Å². The van der Waals surface area contributed by atoms with Crippen molar-refractivity contribution in [1.82, 2.24) is 19.5 Å². The molecular formula is C46H30N4S. The minimum atomic E-state index is 0.310. The second-order valence-electron chi connectivity index (χ2n) is 13.6. The van der Waals surface area contributed by atoms with Crippen molar-refractivity contribution in [2.45, 2.75) is 19.3 Å². The zero-order valence-corrected chi connectivity index (χ0v) is 28.7. The molecule has 0 saturated heterocycles. The molecule has 1 aliphatic rings. The topological polar surface area (TPSA) is 43.6 Å². The lowest BCUT2D eigenvalue weighted by atomic mass is 9.85. The number of fused-ring (bicyclic) bond motifs is 13. The lowest BCUT2D eigenvalue weighted by molar-refractivity contribution is 0.775. The first-order chi connectivity index (χ1) is 25.2. The highest BCUT2D eigenvalue weighted by atomic mass is 32.1. The molecule has 0 amide bonds. The Morgan fingerprint density at radius 3 is 2.16 bits per heavy atom. The summed E-state index contributed by atoms with van der Waals surface area (Å²) in [6.07, 6.45) is 5.69. The summed E-state index contributed by atoms with van der Waals surface area (Å²) in [7, 11) is 0. The highest BCUT2D eigenvalue weighted by molar-refractivity contribution is 7.26.